The molecule has 1 aliphatic rings. The van der Waals surface area contributed by atoms with Crippen LogP contribution in [0.2, 0.25) is 0 Å². The van der Waals surface area contributed by atoms with Crippen LogP contribution in [-0.4, -0.2) is 43.2 Å². The highest BCUT2D eigenvalue weighted by molar-refractivity contribution is 5.76. The Hall–Kier alpha value is -1.75. The third-order valence-corrected chi connectivity index (χ3v) is 3.41. The number of rotatable bonds is 5. The van der Waals surface area contributed by atoms with Crippen LogP contribution in [-0.2, 0) is 9.53 Å². The number of carbonyl (C=O) groups is 1. The van der Waals surface area contributed by atoms with Crippen LogP contribution in [0.4, 0.5) is 5.69 Å². The fourth-order valence-corrected chi connectivity index (χ4v) is 2.17. The summed E-state index contributed by atoms with van der Waals surface area (Å²) in [5.41, 5.74) is 6.30. The van der Waals surface area contributed by atoms with Gasteiger partial charge in [0.15, 0.2) is 0 Å². The molecule has 5 heteroatoms. The molecule has 1 unspecified atom stereocenters. The maximum absolute atomic E-state index is 12.1. The van der Waals surface area contributed by atoms with Crippen molar-refractivity contribution >= 4 is 11.6 Å². The third kappa shape index (κ3) is 4.13. The Bertz CT molecular complexity index is 433. The van der Waals surface area contributed by atoms with Gasteiger partial charge in [-0.1, -0.05) is 6.92 Å². The summed E-state index contributed by atoms with van der Waals surface area (Å²) in [7, 11) is 0. The van der Waals surface area contributed by atoms with Crippen LogP contribution in [0, 0.1) is 0 Å². The first-order valence-corrected chi connectivity index (χ1v) is 7.06. The Kier molecular flexibility index (Phi) is 5.24. The topological polar surface area (TPSA) is 64.8 Å². The fourth-order valence-electron chi connectivity index (χ4n) is 2.17. The van der Waals surface area contributed by atoms with Crippen molar-refractivity contribution in [3.63, 3.8) is 0 Å². The second-order valence-electron chi connectivity index (χ2n) is 4.91. The lowest BCUT2D eigenvalue weighted by atomic mass is 10.2. The van der Waals surface area contributed by atoms with Crippen LogP contribution < -0.4 is 10.5 Å². The smallest absolute Gasteiger partial charge is 0.226 e. The van der Waals surface area contributed by atoms with E-state index in [0.29, 0.717) is 38.4 Å². The second kappa shape index (κ2) is 7.14. The average molecular weight is 278 g/mol. The molecule has 2 N–H and O–H groups in total. The first-order valence-electron chi connectivity index (χ1n) is 7.06. The first kappa shape index (κ1) is 14.7. The normalized spacial score (nSPS) is 18.9. The van der Waals surface area contributed by atoms with E-state index in [0.717, 1.165) is 12.2 Å². The van der Waals surface area contributed by atoms with Crippen molar-refractivity contribution in [3.8, 4) is 5.75 Å². The minimum atomic E-state index is 0.127. The molecule has 2 rings (SSSR count). The number of morpholine rings is 1. The number of amides is 1. The van der Waals surface area contributed by atoms with Crippen molar-refractivity contribution in [3.05, 3.63) is 24.3 Å². The minimum absolute atomic E-state index is 0.127. The van der Waals surface area contributed by atoms with Crippen LogP contribution in [0.15, 0.2) is 24.3 Å². The Balaban J connectivity index is 1.73. The molecule has 20 heavy (non-hydrogen) atoms. The molecular weight excluding hydrogens is 256 g/mol. The third-order valence-electron chi connectivity index (χ3n) is 3.41. The van der Waals surface area contributed by atoms with E-state index in [1.54, 1.807) is 12.1 Å². The van der Waals surface area contributed by atoms with Crippen molar-refractivity contribution in [1.82, 2.24) is 4.90 Å². The molecule has 0 bridgehead atoms. The molecule has 0 spiro atoms. The average Bonchev–Trinajstić information content (AvgIpc) is 2.49. The second-order valence-corrected chi connectivity index (χ2v) is 4.91. The molecule has 110 valence electrons. The number of carbonyl (C=O) groups excluding carboxylic acids is 1. The highest BCUT2D eigenvalue weighted by atomic mass is 16.5. The summed E-state index contributed by atoms with van der Waals surface area (Å²) in [5, 5.41) is 0. The van der Waals surface area contributed by atoms with Gasteiger partial charge in [0.2, 0.25) is 5.91 Å². The van der Waals surface area contributed by atoms with E-state index >= 15 is 0 Å². The standard InChI is InChI=1S/C15H22N2O3/c1-2-13-11-17(8-10-20-13)15(18)7-9-19-14-5-3-12(16)4-6-14/h3-6,13H,2,7-11,16H2,1H3. The molecule has 1 aliphatic heterocycles. The monoisotopic (exact) mass is 278 g/mol. The SMILES string of the molecule is CCC1CN(C(=O)CCOc2ccc(N)cc2)CCO1. The summed E-state index contributed by atoms with van der Waals surface area (Å²) in [4.78, 5) is 13.9. The van der Waals surface area contributed by atoms with E-state index in [-0.39, 0.29) is 12.0 Å². The number of hydrogen-bond acceptors (Lipinski definition) is 4. The number of anilines is 1. The zero-order valence-electron chi connectivity index (χ0n) is 11.9. The largest absolute Gasteiger partial charge is 0.493 e. The highest BCUT2D eigenvalue weighted by Gasteiger charge is 2.22. The number of nitrogens with two attached hydrogens (primary N) is 1. The van der Waals surface area contributed by atoms with Gasteiger partial charge in [0, 0.05) is 18.8 Å². The molecule has 1 saturated heterocycles. The number of nitrogens with zero attached hydrogens (tertiary/aromatic N) is 1. The summed E-state index contributed by atoms with van der Waals surface area (Å²) >= 11 is 0. The highest BCUT2D eigenvalue weighted by Crippen LogP contribution is 2.14. The molecule has 0 radical (unpaired) electrons. The molecule has 1 fully saturated rings. The lowest BCUT2D eigenvalue weighted by Crippen LogP contribution is -2.45. The van der Waals surface area contributed by atoms with E-state index in [2.05, 4.69) is 6.92 Å². The van der Waals surface area contributed by atoms with Gasteiger partial charge in [-0.3, -0.25) is 4.79 Å². The zero-order valence-corrected chi connectivity index (χ0v) is 11.9. The Morgan fingerprint density at radius 1 is 1.45 bits per heavy atom. The predicted octanol–water partition coefficient (Wildman–Crippen LogP) is 1.68. The van der Waals surface area contributed by atoms with Gasteiger partial charge in [-0.2, -0.15) is 0 Å². The van der Waals surface area contributed by atoms with Gasteiger partial charge in [-0.15, -0.1) is 0 Å². The van der Waals surface area contributed by atoms with Gasteiger partial charge < -0.3 is 20.1 Å². The van der Waals surface area contributed by atoms with Crippen molar-refractivity contribution in [2.45, 2.75) is 25.9 Å². The number of benzene rings is 1. The van der Waals surface area contributed by atoms with E-state index in [9.17, 15) is 4.79 Å². The number of nitrogen functional groups attached to an aromatic ring is 1. The Morgan fingerprint density at radius 2 is 2.20 bits per heavy atom. The van der Waals surface area contributed by atoms with Gasteiger partial charge in [0.05, 0.1) is 25.7 Å². The number of hydrogen-bond donors (Lipinski definition) is 1. The van der Waals surface area contributed by atoms with Crippen molar-refractivity contribution in [2.24, 2.45) is 0 Å². The van der Waals surface area contributed by atoms with Crippen molar-refractivity contribution in [1.29, 1.82) is 0 Å². The molecule has 0 aliphatic carbocycles. The molecular formula is C15H22N2O3. The zero-order chi connectivity index (χ0) is 14.4. The Labute approximate surface area is 119 Å². The van der Waals surface area contributed by atoms with Crippen LogP contribution >= 0.6 is 0 Å². The Morgan fingerprint density at radius 3 is 2.90 bits per heavy atom. The minimum Gasteiger partial charge on any atom is -0.493 e. The summed E-state index contributed by atoms with van der Waals surface area (Å²) in [5.74, 6) is 0.864. The van der Waals surface area contributed by atoms with E-state index < -0.39 is 0 Å². The lowest BCUT2D eigenvalue weighted by Gasteiger charge is -2.32. The summed E-state index contributed by atoms with van der Waals surface area (Å²) in [6.45, 7) is 4.46. The van der Waals surface area contributed by atoms with Crippen LogP contribution in [0.3, 0.4) is 0 Å². The lowest BCUT2D eigenvalue weighted by molar-refractivity contribution is -0.139. The maximum Gasteiger partial charge on any atom is 0.226 e. The molecule has 1 heterocycles. The van der Waals surface area contributed by atoms with E-state index in [1.807, 2.05) is 17.0 Å². The summed E-state index contributed by atoms with van der Waals surface area (Å²) < 4.78 is 11.1. The summed E-state index contributed by atoms with van der Waals surface area (Å²) in [6, 6.07) is 7.18. The maximum atomic E-state index is 12.1. The number of ether oxygens (including phenoxy) is 2. The first-order chi connectivity index (χ1) is 9.69. The molecule has 1 aromatic rings. The van der Waals surface area contributed by atoms with Crippen molar-refractivity contribution < 1.29 is 14.3 Å². The molecule has 1 aromatic carbocycles. The van der Waals surface area contributed by atoms with Crippen LogP contribution in [0.25, 0.3) is 0 Å². The molecule has 0 saturated carbocycles. The van der Waals surface area contributed by atoms with E-state index in [4.69, 9.17) is 15.2 Å². The van der Waals surface area contributed by atoms with Gasteiger partial charge >= 0.3 is 0 Å². The van der Waals surface area contributed by atoms with Crippen LogP contribution in [0.5, 0.6) is 5.75 Å². The van der Waals surface area contributed by atoms with Gasteiger partial charge in [0.1, 0.15) is 5.75 Å². The predicted molar refractivity (Wildman–Crippen MR) is 77.6 cm³/mol. The molecule has 1 amide bonds. The van der Waals surface area contributed by atoms with Gasteiger partial charge in [0.25, 0.3) is 0 Å². The summed E-state index contributed by atoms with van der Waals surface area (Å²) in [6.07, 6.45) is 1.50. The van der Waals surface area contributed by atoms with Crippen molar-refractivity contribution in [2.75, 3.05) is 32.0 Å². The fraction of sp³-hybridized carbons (Fsp3) is 0.533. The van der Waals surface area contributed by atoms with E-state index in [1.165, 1.54) is 0 Å². The molecule has 0 aromatic heterocycles. The quantitative estimate of drug-likeness (QED) is 0.832. The van der Waals surface area contributed by atoms with Gasteiger partial charge in [-0.25, -0.2) is 0 Å². The molecule has 5 nitrogen and oxygen atoms in total. The van der Waals surface area contributed by atoms with Gasteiger partial charge in [-0.05, 0) is 30.7 Å². The molecule has 1 atom stereocenters. The van der Waals surface area contributed by atoms with Crippen LogP contribution in [0.1, 0.15) is 19.8 Å².